The van der Waals surface area contributed by atoms with E-state index in [9.17, 15) is 9.59 Å². The average Bonchev–Trinajstić information content (AvgIpc) is 2.87. The van der Waals surface area contributed by atoms with Gasteiger partial charge in [0.15, 0.2) is 0 Å². The van der Waals surface area contributed by atoms with E-state index in [0.29, 0.717) is 30.5 Å². The maximum Gasteiger partial charge on any atom is 0.317 e. The van der Waals surface area contributed by atoms with Gasteiger partial charge in [-0.3, -0.25) is 4.79 Å². The Bertz CT molecular complexity index is 802. The average molecular weight is 507 g/mol. The molecule has 1 heterocycles. The van der Waals surface area contributed by atoms with Crippen LogP contribution in [0.15, 0.2) is 24.3 Å². The summed E-state index contributed by atoms with van der Waals surface area (Å²) in [6.07, 6.45) is 9.52. The van der Waals surface area contributed by atoms with Gasteiger partial charge >= 0.3 is 6.03 Å². The summed E-state index contributed by atoms with van der Waals surface area (Å²) < 4.78 is 6.26. The lowest BCUT2D eigenvalue weighted by atomic mass is 9.85. The molecule has 0 radical (unpaired) electrons. The Balaban J connectivity index is 1.63. The predicted octanol–water partition coefficient (Wildman–Crippen LogP) is 4.51. The van der Waals surface area contributed by atoms with E-state index in [4.69, 9.17) is 16.3 Å². The Labute approximate surface area is 215 Å². The summed E-state index contributed by atoms with van der Waals surface area (Å²) in [7, 11) is 3.58. The number of likely N-dealkylation sites (N-methyl/N-ethyl adjacent to an activating group) is 1. The number of piperidine rings is 1. The van der Waals surface area contributed by atoms with Gasteiger partial charge in [-0.2, -0.15) is 0 Å². The van der Waals surface area contributed by atoms with Crippen LogP contribution in [0.4, 0.5) is 4.79 Å². The van der Waals surface area contributed by atoms with Gasteiger partial charge in [0.1, 0.15) is 0 Å². The minimum Gasteiger partial charge on any atom is -0.373 e. The molecule has 3 N–H and O–H groups in total. The third-order valence-electron chi connectivity index (χ3n) is 7.38. The van der Waals surface area contributed by atoms with E-state index in [1.807, 2.05) is 36.2 Å². The number of benzene rings is 1. The first-order valence-electron chi connectivity index (χ1n) is 13.3. The van der Waals surface area contributed by atoms with E-state index in [1.54, 1.807) is 7.05 Å². The third kappa shape index (κ3) is 8.96. The zero-order valence-corrected chi connectivity index (χ0v) is 22.1. The molecule has 1 aliphatic heterocycles. The summed E-state index contributed by atoms with van der Waals surface area (Å²) in [5.41, 5.74) is 0.993. The highest BCUT2D eigenvalue weighted by atomic mass is 35.5. The Morgan fingerprint density at radius 2 is 1.94 bits per heavy atom. The van der Waals surface area contributed by atoms with Crippen molar-refractivity contribution >= 4 is 23.5 Å². The fourth-order valence-electron chi connectivity index (χ4n) is 5.56. The number of hydrogen-bond donors (Lipinski definition) is 3. The van der Waals surface area contributed by atoms with E-state index in [-0.39, 0.29) is 30.0 Å². The highest BCUT2D eigenvalue weighted by Gasteiger charge is 2.32. The van der Waals surface area contributed by atoms with E-state index in [2.05, 4.69) is 16.0 Å². The molecule has 1 aromatic carbocycles. The molecule has 7 nitrogen and oxygen atoms in total. The quantitative estimate of drug-likeness (QED) is 0.412. The normalized spacial score (nSPS) is 20.8. The topological polar surface area (TPSA) is 82.7 Å². The monoisotopic (exact) mass is 506 g/mol. The number of nitrogens with one attached hydrogen (secondary N) is 3. The summed E-state index contributed by atoms with van der Waals surface area (Å²) in [6.45, 7) is 2.48. The molecule has 2 aliphatic rings. The van der Waals surface area contributed by atoms with Gasteiger partial charge in [0.05, 0.1) is 12.7 Å². The molecule has 1 aliphatic carbocycles. The van der Waals surface area contributed by atoms with Crippen molar-refractivity contribution in [3.8, 4) is 0 Å². The number of carbonyl (C=O) groups excluding carboxylic acids is 2. The van der Waals surface area contributed by atoms with Crippen LogP contribution in [0.2, 0.25) is 5.02 Å². The first-order valence-corrected chi connectivity index (χ1v) is 13.7. The smallest absolute Gasteiger partial charge is 0.317 e. The summed E-state index contributed by atoms with van der Waals surface area (Å²) in [6, 6.07) is 7.88. The van der Waals surface area contributed by atoms with Crippen molar-refractivity contribution in [2.24, 2.45) is 11.8 Å². The molecular weight excluding hydrogens is 464 g/mol. The SMILES string of the molecule is CNCC(CC1CCCCC1)NC(=O)N1CCCC(C(OCCC(=O)NC)c2cccc(Cl)c2)C1. The van der Waals surface area contributed by atoms with Gasteiger partial charge in [-0.15, -0.1) is 0 Å². The summed E-state index contributed by atoms with van der Waals surface area (Å²) in [5.74, 6) is 0.796. The standard InChI is InChI=1S/C27H43ClN4O3/c1-29-18-24(16-20-8-4-3-5-9-20)31-27(34)32-14-7-11-22(19-32)26(35-15-13-25(33)30-2)21-10-6-12-23(28)17-21/h6,10,12,17,20,22,24,26,29H,3-5,7-9,11,13-16,18-19H2,1-2H3,(H,30,33)(H,31,34). The largest absolute Gasteiger partial charge is 0.373 e. The van der Waals surface area contributed by atoms with Crippen LogP contribution >= 0.6 is 11.6 Å². The van der Waals surface area contributed by atoms with Gasteiger partial charge in [0, 0.05) is 50.1 Å². The van der Waals surface area contributed by atoms with Crippen molar-refractivity contribution in [1.82, 2.24) is 20.9 Å². The Morgan fingerprint density at radius 1 is 1.14 bits per heavy atom. The molecule has 1 aromatic rings. The van der Waals surface area contributed by atoms with E-state index in [1.165, 1.54) is 32.1 Å². The number of rotatable bonds is 11. The number of halogens is 1. The van der Waals surface area contributed by atoms with Gasteiger partial charge in [0.25, 0.3) is 0 Å². The van der Waals surface area contributed by atoms with Crippen molar-refractivity contribution in [2.45, 2.75) is 69.9 Å². The molecular formula is C27H43ClN4O3. The summed E-state index contributed by atoms with van der Waals surface area (Å²) >= 11 is 6.28. The second-order valence-electron chi connectivity index (χ2n) is 10.1. The molecule has 3 rings (SSSR count). The van der Waals surface area contributed by atoms with Crippen molar-refractivity contribution in [2.75, 3.05) is 40.3 Å². The molecule has 8 heteroatoms. The van der Waals surface area contributed by atoms with Crippen LogP contribution < -0.4 is 16.0 Å². The fourth-order valence-corrected chi connectivity index (χ4v) is 5.76. The van der Waals surface area contributed by atoms with Crippen LogP contribution in [0.25, 0.3) is 0 Å². The molecule has 2 fully saturated rings. The summed E-state index contributed by atoms with van der Waals surface area (Å²) in [5, 5.41) is 9.87. The van der Waals surface area contributed by atoms with Crippen molar-refractivity contribution in [3.63, 3.8) is 0 Å². The molecule has 3 unspecified atom stereocenters. The molecule has 0 aromatic heterocycles. The van der Waals surface area contributed by atoms with Gasteiger partial charge in [-0.1, -0.05) is 55.8 Å². The third-order valence-corrected chi connectivity index (χ3v) is 7.61. The molecule has 3 atom stereocenters. The zero-order valence-electron chi connectivity index (χ0n) is 21.4. The first-order chi connectivity index (χ1) is 17.0. The molecule has 196 valence electrons. The van der Waals surface area contributed by atoms with Gasteiger partial charge in [-0.25, -0.2) is 4.79 Å². The lowest BCUT2D eigenvalue weighted by molar-refractivity contribution is -0.122. The number of ether oxygens (including phenoxy) is 1. The predicted molar refractivity (Wildman–Crippen MR) is 141 cm³/mol. The Hall–Kier alpha value is -1.83. The summed E-state index contributed by atoms with van der Waals surface area (Å²) in [4.78, 5) is 27.0. The van der Waals surface area contributed by atoms with Gasteiger partial charge < -0.3 is 25.6 Å². The van der Waals surface area contributed by atoms with Crippen LogP contribution in [-0.4, -0.2) is 63.2 Å². The Kier molecular flexibility index (Phi) is 11.6. The van der Waals surface area contributed by atoms with Crippen molar-refractivity contribution in [3.05, 3.63) is 34.9 Å². The minimum absolute atomic E-state index is 0.0148. The van der Waals surface area contributed by atoms with Crippen LogP contribution in [0, 0.1) is 11.8 Å². The number of amides is 3. The number of nitrogens with zero attached hydrogens (tertiary/aromatic N) is 1. The molecule has 0 spiro atoms. The molecule has 1 saturated carbocycles. The number of urea groups is 1. The van der Waals surface area contributed by atoms with E-state index >= 15 is 0 Å². The maximum absolute atomic E-state index is 13.3. The molecule has 1 saturated heterocycles. The number of likely N-dealkylation sites (tertiary alicyclic amines) is 1. The first kappa shape index (κ1) is 27.8. The highest BCUT2D eigenvalue weighted by molar-refractivity contribution is 6.30. The molecule has 0 bridgehead atoms. The van der Waals surface area contributed by atoms with E-state index < -0.39 is 0 Å². The van der Waals surface area contributed by atoms with Crippen LogP contribution in [-0.2, 0) is 9.53 Å². The number of hydrogen-bond acceptors (Lipinski definition) is 4. The number of carbonyl (C=O) groups is 2. The molecule has 3 amide bonds. The minimum atomic E-state index is -0.218. The van der Waals surface area contributed by atoms with Crippen LogP contribution in [0.5, 0.6) is 0 Å². The van der Waals surface area contributed by atoms with Crippen LogP contribution in [0.1, 0.15) is 69.5 Å². The molecule has 35 heavy (non-hydrogen) atoms. The lowest BCUT2D eigenvalue weighted by Crippen LogP contribution is -2.52. The maximum atomic E-state index is 13.3. The fraction of sp³-hybridized carbons (Fsp3) is 0.704. The van der Waals surface area contributed by atoms with Crippen molar-refractivity contribution < 1.29 is 14.3 Å². The second kappa shape index (κ2) is 14.7. The second-order valence-corrected chi connectivity index (χ2v) is 10.5. The lowest BCUT2D eigenvalue weighted by Gasteiger charge is -2.38. The van der Waals surface area contributed by atoms with Gasteiger partial charge in [-0.05, 0) is 49.9 Å². The highest BCUT2D eigenvalue weighted by Crippen LogP contribution is 2.34. The zero-order chi connectivity index (χ0) is 25.0. The van der Waals surface area contributed by atoms with Gasteiger partial charge in [0.2, 0.25) is 5.91 Å². The van der Waals surface area contributed by atoms with E-state index in [0.717, 1.165) is 37.9 Å². The van der Waals surface area contributed by atoms with Crippen molar-refractivity contribution in [1.29, 1.82) is 0 Å². The van der Waals surface area contributed by atoms with Crippen LogP contribution in [0.3, 0.4) is 0 Å². The Morgan fingerprint density at radius 3 is 2.66 bits per heavy atom.